The van der Waals surface area contributed by atoms with Crippen LogP contribution in [-0.4, -0.2) is 36.9 Å². The maximum atomic E-state index is 10.9. The lowest BCUT2D eigenvalue weighted by Crippen LogP contribution is -1.98. The lowest BCUT2D eigenvalue weighted by atomic mass is 10.2. The molecule has 12 heteroatoms. The van der Waals surface area contributed by atoms with Gasteiger partial charge in [-0.1, -0.05) is 17.4 Å². The topological polar surface area (TPSA) is 141 Å². The Bertz CT molecular complexity index is 982. The van der Waals surface area contributed by atoms with E-state index in [9.17, 15) is 15.2 Å². The molecule has 0 spiro atoms. The van der Waals surface area contributed by atoms with Gasteiger partial charge in [-0.2, -0.15) is 5.11 Å². The van der Waals surface area contributed by atoms with Crippen molar-refractivity contribution in [2.45, 2.75) is 6.54 Å². The number of azo groups is 1. The van der Waals surface area contributed by atoms with Crippen molar-refractivity contribution in [2.75, 3.05) is 7.11 Å². The molecule has 1 N–H and O–H groups in total. The average molecular weight is 375 g/mol. The van der Waals surface area contributed by atoms with E-state index in [0.29, 0.717) is 21.7 Å². The number of aromatic nitrogens is 4. The van der Waals surface area contributed by atoms with Gasteiger partial charge in [0.1, 0.15) is 6.20 Å². The molecule has 2 aromatic heterocycles. The van der Waals surface area contributed by atoms with Gasteiger partial charge in [0.25, 0.3) is 11.0 Å². The van der Waals surface area contributed by atoms with Crippen molar-refractivity contribution in [3.05, 3.63) is 40.1 Å². The van der Waals surface area contributed by atoms with Gasteiger partial charge in [0.15, 0.2) is 11.5 Å². The lowest BCUT2D eigenvalue weighted by Gasteiger charge is -2.03. The number of phenolic OH excluding ortho intramolecular Hbond substituents is 1. The summed E-state index contributed by atoms with van der Waals surface area (Å²) in [7, 11) is 3.00. The Kier molecular flexibility index (Phi) is 4.84. The van der Waals surface area contributed by atoms with E-state index in [4.69, 9.17) is 4.74 Å². The van der Waals surface area contributed by atoms with Gasteiger partial charge in [-0.25, -0.2) is 9.55 Å². The average Bonchev–Trinajstić information content (AvgIpc) is 3.21. The monoisotopic (exact) mass is 375 g/mol. The molecule has 0 aliphatic heterocycles. The number of nitro groups is 1. The second-order valence-corrected chi connectivity index (χ2v) is 6.01. The molecule has 0 saturated carbocycles. The van der Waals surface area contributed by atoms with Crippen LogP contribution in [0.25, 0.3) is 10.8 Å². The molecule has 0 unspecified atom stereocenters. The van der Waals surface area contributed by atoms with Crippen LogP contribution in [0.3, 0.4) is 0 Å². The minimum atomic E-state index is -0.525. The maximum Gasteiger partial charge on any atom is 0.342 e. The van der Waals surface area contributed by atoms with Gasteiger partial charge in [-0.3, -0.25) is 0 Å². The normalized spacial score (nSPS) is 11.2. The van der Waals surface area contributed by atoms with Crippen LogP contribution in [0.1, 0.15) is 5.56 Å². The van der Waals surface area contributed by atoms with Crippen molar-refractivity contribution in [2.24, 2.45) is 17.3 Å². The highest BCUT2D eigenvalue weighted by atomic mass is 32.1. The van der Waals surface area contributed by atoms with E-state index in [1.54, 1.807) is 12.1 Å². The van der Waals surface area contributed by atoms with E-state index in [0.717, 1.165) is 23.1 Å². The fourth-order valence-corrected chi connectivity index (χ4v) is 2.84. The molecule has 0 radical (unpaired) electrons. The minimum Gasteiger partial charge on any atom is -0.504 e. The summed E-state index contributed by atoms with van der Waals surface area (Å²) in [5.41, 5.74) is 0.747. The number of nitrogens with zero attached hydrogens (tertiary/aromatic N) is 7. The van der Waals surface area contributed by atoms with Gasteiger partial charge >= 0.3 is 5.82 Å². The molecule has 26 heavy (non-hydrogen) atoms. The summed E-state index contributed by atoms with van der Waals surface area (Å²) in [5, 5.41) is 37.1. The zero-order chi connectivity index (χ0) is 18.7. The van der Waals surface area contributed by atoms with Crippen LogP contribution < -0.4 is 4.74 Å². The second-order valence-electron chi connectivity index (χ2n) is 5.05. The predicted molar refractivity (Wildman–Crippen MR) is 91.6 cm³/mol. The van der Waals surface area contributed by atoms with Crippen molar-refractivity contribution >= 4 is 22.3 Å². The van der Waals surface area contributed by atoms with Crippen molar-refractivity contribution in [1.29, 1.82) is 0 Å². The van der Waals surface area contributed by atoms with Crippen LogP contribution in [0.15, 0.2) is 34.6 Å². The molecular weight excluding hydrogens is 362 g/mol. The Hall–Kier alpha value is -3.41. The summed E-state index contributed by atoms with van der Waals surface area (Å²) in [6.45, 7) is 0.236. The molecule has 134 valence electrons. The summed E-state index contributed by atoms with van der Waals surface area (Å²) in [6, 6.07) is 4.93. The second kappa shape index (κ2) is 7.23. The Morgan fingerprint density at radius 2 is 2.23 bits per heavy atom. The first-order valence-electron chi connectivity index (χ1n) is 7.23. The van der Waals surface area contributed by atoms with Gasteiger partial charge in [0, 0.05) is 0 Å². The van der Waals surface area contributed by atoms with E-state index in [1.165, 1.54) is 24.8 Å². The molecule has 0 amide bonds. The Labute approximate surface area is 150 Å². The zero-order valence-corrected chi connectivity index (χ0v) is 14.5. The van der Waals surface area contributed by atoms with Crippen LogP contribution in [0, 0.1) is 10.1 Å². The van der Waals surface area contributed by atoms with E-state index in [-0.39, 0.29) is 18.1 Å². The van der Waals surface area contributed by atoms with Gasteiger partial charge in [0.05, 0.1) is 20.7 Å². The number of imidazole rings is 1. The van der Waals surface area contributed by atoms with E-state index < -0.39 is 4.92 Å². The molecule has 2 heterocycles. The first-order valence-corrected chi connectivity index (χ1v) is 8.04. The van der Waals surface area contributed by atoms with E-state index in [1.807, 2.05) is 0 Å². The number of ether oxygens (including phenoxy) is 1. The van der Waals surface area contributed by atoms with Crippen LogP contribution in [0.5, 0.6) is 11.5 Å². The fraction of sp³-hybridized carbons (Fsp3) is 0.214. The highest BCUT2D eigenvalue weighted by molar-refractivity contribution is 7.18. The van der Waals surface area contributed by atoms with Crippen LogP contribution in [0.2, 0.25) is 0 Å². The van der Waals surface area contributed by atoms with Crippen LogP contribution in [0.4, 0.5) is 10.9 Å². The molecule has 0 saturated heterocycles. The summed E-state index contributed by atoms with van der Waals surface area (Å²) in [5.74, 6) is 0.590. The molecule has 0 atom stereocenters. The molecule has 11 nitrogen and oxygen atoms in total. The van der Waals surface area contributed by atoms with Crippen molar-refractivity contribution in [3.8, 4) is 22.3 Å². The Balaban J connectivity index is 1.71. The molecular formula is C14H13N7O4S. The van der Waals surface area contributed by atoms with Gasteiger partial charge < -0.3 is 20.0 Å². The number of aromatic hydroxyl groups is 1. The fourth-order valence-electron chi connectivity index (χ4n) is 2.13. The highest BCUT2D eigenvalue weighted by Crippen LogP contribution is 2.30. The van der Waals surface area contributed by atoms with Crippen LogP contribution in [-0.2, 0) is 13.6 Å². The number of methoxy groups -OCH3 is 1. The summed E-state index contributed by atoms with van der Waals surface area (Å²) in [6.07, 6.45) is 1.16. The zero-order valence-electron chi connectivity index (χ0n) is 13.7. The minimum absolute atomic E-state index is 0.0229. The van der Waals surface area contributed by atoms with E-state index in [2.05, 4.69) is 25.4 Å². The van der Waals surface area contributed by atoms with Gasteiger partial charge in [0.2, 0.25) is 5.01 Å². The molecule has 3 aromatic rings. The quantitative estimate of drug-likeness (QED) is 0.396. The molecule has 1 aromatic carbocycles. The summed E-state index contributed by atoms with van der Waals surface area (Å²) >= 11 is 1.11. The summed E-state index contributed by atoms with van der Waals surface area (Å²) in [4.78, 5) is 14.3. The standard InChI is InChI=1S/C14H13N7O4S/c1-20-11(21(23)24)7-15-12(20)13-17-19-14(26-13)18-16-6-8-3-4-10(25-2)9(22)5-8/h3-5,7,22H,6H2,1-2H3. The SMILES string of the molecule is COc1ccc(CN=Nc2nnc(-c3ncc([N+](=O)[O-])n3C)s2)cc1O. The number of rotatable bonds is 6. The molecule has 0 aliphatic rings. The smallest absolute Gasteiger partial charge is 0.342 e. The molecule has 0 fully saturated rings. The van der Waals surface area contributed by atoms with Crippen molar-refractivity contribution < 1.29 is 14.8 Å². The number of hydrogen-bond acceptors (Lipinski definition) is 10. The van der Waals surface area contributed by atoms with E-state index >= 15 is 0 Å². The third-order valence-electron chi connectivity index (χ3n) is 3.41. The van der Waals surface area contributed by atoms with Crippen LogP contribution >= 0.6 is 11.3 Å². The number of phenols is 1. The van der Waals surface area contributed by atoms with Crippen molar-refractivity contribution in [3.63, 3.8) is 0 Å². The maximum absolute atomic E-state index is 10.9. The molecule has 0 bridgehead atoms. The van der Waals surface area contributed by atoms with Gasteiger partial charge in [-0.15, -0.1) is 15.3 Å². The first-order chi connectivity index (χ1) is 12.5. The largest absolute Gasteiger partial charge is 0.504 e. The first kappa shape index (κ1) is 17.4. The third-order valence-corrected chi connectivity index (χ3v) is 4.21. The lowest BCUT2D eigenvalue weighted by molar-refractivity contribution is -0.391. The molecule has 3 rings (SSSR count). The predicted octanol–water partition coefficient (Wildman–Crippen LogP) is 2.84. The van der Waals surface area contributed by atoms with Gasteiger partial charge in [-0.05, 0) is 22.6 Å². The Morgan fingerprint density at radius 1 is 1.42 bits per heavy atom. The molecule has 0 aliphatic carbocycles. The number of benzene rings is 1. The summed E-state index contributed by atoms with van der Waals surface area (Å²) < 4.78 is 6.29. The number of hydrogen-bond donors (Lipinski definition) is 1. The third kappa shape index (κ3) is 3.49. The Morgan fingerprint density at radius 3 is 2.88 bits per heavy atom. The highest BCUT2D eigenvalue weighted by Gasteiger charge is 2.21. The van der Waals surface area contributed by atoms with Crippen molar-refractivity contribution in [1.82, 2.24) is 19.7 Å².